The molecule has 1 aromatic carbocycles. The molecule has 1 aromatic heterocycles. The average Bonchev–Trinajstić information content (AvgIpc) is 2.64. The number of alkyl halides is 3. The lowest BCUT2D eigenvalue weighted by Crippen LogP contribution is -2.24. The molecule has 0 saturated carbocycles. The van der Waals surface area contributed by atoms with Gasteiger partial charge in [-0.1, -0.05) is 11.6 Å². The van der Waals surface area contributed by atoms with Crippen LogP contribution in [0.1, 0.15) is 0 Å². The van der Waals surface area contributed by atoms with Crippen molar-refractivity contribution in [2.75, 3.05) is 18.5 Å². The van der Waals surface area contributed by atoms with Crippen molar-refractivity contribution >= 4 is 34.5 Å². The third-order valence-corrected chi connectivity index (χ3v) is 2.83. The van der Waals surface area contributed by atoms with Crippen LogP contribution in [0.3, 0.4) is 0 Å². The van der Waals surface area contributed by atoms with E-state index in [0.717, 1.165) is 5.52 Å². The molecule has 2 rings (SSSR count). The molecule has 1 N–H and O–H groups in total. The summed E-state index contributed by atoms with van der Waals surface area (Å²) in [4.78, 5) is 15.7. The lowest BCUT2D eigenvalue weighted by Gasteiger charge is -2.08. The largest absolute Gasteiger partial charge is 0.411 e. The van der Waals surface area contributed by atoms with Gasteiger partial charge in [-0.25, -0.2) is 4.98 Å². The molecule has 21 heavy (non-hydrogen) atoms. The molecule has 0 spiro atoms. The van der Waals surface area contributed by atoms with Crippen molar-refractivity contribution in [1.29, 1.82) is 0 Å². The molecular weight excluding hydrogens is 311 g/mol. The van der Waals surface area contributed by atoms with Crippen molar-refractivity contribution in [3.05, 3.63) is 23.2 Å². The second kappa shape index (κ2) is 5.90. The number of nitrogens with zero attached hydrogens (tertiary/aromatic N) is 2. The van der Waals surface area contributed by atoms with E-state index in [1.54, 1.807) is 29.8 Å². The third-order valence-electron chi connectivity index (χ3n) is 2.59. The number of fused-ring (bicyclic) bond motifs is 1. The first kappa shape index (κ1) is 15.6. The summed E-state index contributed by atoms with van der Waals surface area (Å²) in [5.41, 5.74) is 1.29. The number of anilines is 1. The van der Waals surface area contributed by atoms with Gasteiger partial charge >= 0.3 is 6.18 Å². The normalized spacial score (nSPS) is 11.9. The number of carbonyl (C=O) groups excluding carboxylic acids is 1. The Kier molecular flexibility index (Phi) is 4.38. The SMILES string of the molecule is Cn1c(NC(=O)COCC(F)(F)F)nc2cc(Cl)ccc21. The Labute approximate surface area is 122 Å². The molecule has 9 heteroatoms. The van der Waals surface area contributed by atoms with Gasteiger partial charge < -0.3 is 9.30 Å². The van der Waals surface area contributed by atoms with Crippen molar-refractivity contribution in [1.82, 2.24) is 9.55 Å². The minimum Gasteiger partial charge on any atom is -0.362 e. The molecule has 0 saturated heterocycles. The molecule has 0 radical (unpaired) electrons. The maximum Gasteiger partial charge on any atom is 0.411 e. The molecule has 0 bridgehead atoms. The van der Waals surface area contributed by atoms with Crippen molar-refractivity contribution < 1.29 is 22.7 Å². The zero-order valence-corrected chi connectivity index (χ0v) is 11.6. The molecule has 2 aromatic rings. The van der Waals surface area contributed by atoms with Crippen LogP contribution in [-0.2, 0) is 16.6 Å². The molecule has 1 amide bonds. The van der Waals surface area contributed by atoms with Crippen LogP contribution in [0.4, 0.5) is 19.1 Å². The fourth-order valence-corrected chi connectivity index (χ4v) is 1.87. The van der Waals surface area contributed by atoms with Crippen LogP contribution in [0, 0.1) is 0 Å². The van der Waals surface area contributed by atoms with Gasteiger partial charge in [-0.05, 0) is 18.2 Å². The van der Waals surface area contributed by atoms with E-state index < -0.39 is 25.3 Å². The highest BCUT2D eigenvalue weighted by atomic mass is 35.5. The van der Waals surface area contributed by atoms with Crippen molar-refractivity contribution in [3.8, 4) is 0 Å². The molecular formula is C12H11ClF3N3O2. The number of halogens is 4. The number of aryl methyl sites for hydroxylation is 1. The van der Waals surface area contributed by atoms with Gasteiger partial charge in [0, 0.05) is 12.1 Å². The summed E-state index contributed by atoms with van der Waals surface area (Å²) in [6.07, 6.45) is -4.46. The molecule has 0 aliphatic carbocycles. The Hall–Kier alpha value is -1.80. The fourth-order valence-electron chi connectivity index (χ4n) is 1.70. The Morgan fingerprint density at radius 3 is 2.86 bits per heavy atom. The van der Waals surface area contributed by atoms with Gasteiger partial charge in [0.25, 0.3) is 5.91 Å². The number of aromatic nitrogens is 2. The molecule has 0 aliphatic rings. The van der Waals surface area contributed by atoms with E-state index in [-0.39, 0.29) is 5.95 Å². The molecule has 0 unspecified atom stereocenters. The first-order valence-corrected chi connectivity index (χ1v) is 6.20. The molecule has 1 heterocycles. The maximum atomic E-state index is 11.9. The standard InChI is InChI=1S/C12H11ClF3N3O2/c1-19-9-3-2-7(13)4-8(9)17-11(19)18-10(20)5-21-6-12(14,15)16/h2-4H,5-6H2,1H3,(H,17,18,20). The number of imidazole rings is 1. The fraction of sp³-hybridized carbons (Fsp3) is 0.333. The number of ether oxygens (including phenoxy) is 1. The number of carbonyl (C=O) groups is 1. The minimum absolute atomic E-state index is 0.202. The summed E-state index contributed by atoms with van der Waals surface area (Å²) in [5, 5.41) is 2.88. The lowest BCUT2D eigenvalue weighted by atomic mass is 10.3. The summed E-state index contributed by atoms with van der Waals surface area (Å²) < 4.78 is 41.5. The van der Waals surface area contributed by atoms with E-state index in [2.05, 4.69) is 15.0 Å². The van der Waals surface area contributed by atoms with Crippen LogP contribution in [0.15, 0.2) is 18.2 Å². The Bertz CT molecular complexity index is 670. The van der Waals surface area contributed by atoms with Crippen LogP contribution in [0.5, 0.6) is 0 Å². The third kappa shape index (κ3) is 4.08. The van der Waals surface area contributed by atoms with Gasteiger partial charge in [-0.2, -0.15) is 13.2 Å². The molecule has 114 valence electrons. The van der Waals surface area contributed by atoms with Gasteiger partial charge in [0.1, 0.15) is 13.2 Å². The van der Waals surface area contributed by atoms with E-state index >= 15 is 0 Å². The topological polar surface area (TPSA) is 56.2 Å². The van der Waals surface area contributed by atoms with E-state index in [1.807, 2.05) is 0 Å². The quantitative estimate of drug-likeness (QED) is 0.942. The zero-order valence-electron chi connectivity index (χ0n) is 10.9. The smallest absolute Gasteiger partial charge is 0.362 e. The maximum absolute atomic E-state index is 11.9. The second-order valence-corrected chi connectivity index (χ2v) is 4.72. The first-order valence-electron chi connectivity index (χ1n) is 5.82. The predicted octanol–water partition coefficient (Wildman–Crippen LogP) is 2.74. The number of nitrogens with one attached hydrogen (secondary N) is 1. The summed E-state index contributed by atoms with van der Waals surface area (Å²) in [6, 6.07) is 5.01. The van der Waals surface area contributed by atoms with E-state index in [9.17, 15) is 18.0 Å². The monoisotopic (exact) mass is 321 g/mol. The highest BCUT2D eigenvalue weighted by molar-refractivity contribution is 6.31. The number of hydrogen-bond donors (Lipinski definition) is 1. The average molecular weight is 322 g/mol. The van der Waals surface area contributed by atoms with E-state index in [0.29, 0.717) is 10.5 Å². The number of benzene rings is 1. The van der Waals surface area contributed by atoms with Crippen LogP contribution in [0.25, 0.3) is 11.0 Å². The highest BCUT2D eigenvalue weighted by Crippen LogP contribution is 2.21. The second-order valence-electron chi connectivity index (χ2n) is 4.28. The Balaban J connectivity index is 2.03. The molecule has 0 atom stereocenters. The first-order chi connectivity index (χ1) is 9.76. The van der Waals surface area contributed by atoms with Gasteiger partial charge in [-0.15, -0.1) is 0 Å². The Morgan fingerprint density at radius 2 is 2.19 bits per heavy atom. The van der Waals surface area contributed by atoms with Crippen LogP contribution in [0.2, 0.25) is 5.02 Å². The van der Waals surface area contributed by atoms with E-state index in [1.165, 1.54) is 0 Å². The minimum atomic E-state index is -4.46. The van der Waals surface area contributed by atoms with Gasteiger partial charge in [-0.3, -0.25) is 10.1 Å². The molecule has 0 fully saturated rings. The summed E-state index contributed by atoms with van der Waals surface area (Å²) >= 11 is 5.83. The van der Waals surface area contributed by atoms with Crippen LogP contribution >= 0.6 is 11.6 Å². The summed E-state index contributed by atoms with van der Waals surface area (Å²) in [6.45, 7) is -2.18. The highest BCUT2D eigenvalue weighted by Gasteiger charge is 2.27. The van der Waals surface area contributed by atoms with Crippen LogP contribution < -0.4 is 5.32 Å². The van der Waals surface area contributed by atoms with Gasteiger partial charge in [0.15, 0.2) is 0 Å². The Morgan fingerprint density at radius 1 is 1.48 bits per heavy atom. The zero-order chi connectivity index (χ0) is 15.6. The lowest BCUT2D eigenvalue weighted by molar-refractivity contribution is -0.174. The number of amides is 1. The molecule has 5 nitrogen and oxygen atoms in total. The van der Waals surface area contributed by atoms with Crippen molar-refractivity contribution in [2.24, 2.45) is 7.05 Å². The number of rotatable bonds is 4. The summed E-state index contributed by atoms with van der Waals surface area (Å²) in [5.74, 6) is -0.517. The van der Waals surface area contributed by atoms with Crippen LogP contribution in [-0.4, -0.2) is 34.8 Å². The van der Waals surface area contributed by atoms with Gasteiger partial charge in [0.2, 0.25) is 5.95 Å². The van der Waals surface area contributed by atoms with Gasteiger partial charge in [0.05, 0.1) is 11.0 Å². The van der Waals surface area contributed by atoms with Crippen molar-refractivity contribution in [3.63, 3.8) is 0 Å². The van der Waals surface area contributed by atoms with E-state index in [4.69, 9.17) is 11.6 Å². The molecule has 0 aliphatic heterocycles. The van der Waals surface area contributed by atoms with Crippen molar-refractivity contribution in [2.45, 2.75) is 6.18 Å². The number of hydrogen-bond acceptors (Lipinski definition) is 3. The predicted molar refractivity (Wildman–Crippen MR) is 71.2 cm³/mol. The summed E-state index contributed by atoms with van der Waals surface area (Å²) in [7, 11) is 1.66.